The molecule has 7 nitrogen and oxygen atoms in total. The fourth-order valence-electron chi connectivity index (χ4n) is 2.90. The first-order chi connectivity index (χ1) is 11.3. The van der Waals surface area contributed by atoms with Crippen molar-refractivity contribution in [2.45, 2.75) is 30.8 Å². The van der Waals surface area contributed by atoms with Crippen molar-refractivity contribution < 1.29 is 17.6 Å². The van der Waals surface area contributed by atoms with Gasteiger partial charge in [-0.1, -0.05) is 0 Å². The molecule has 1 amide bonds. The van der Waals surface area contributed by atoms with E-state index in [1.807, 2.05) is 11.8 Å². The minimum Gasteiger partial charge on any atom is -0.467 e. The summed E-state index contributed by atoms with van der Waals surface area (Å²) in [6, 6.07) is 8.43. The summed E-state index contributed by atoms with van der Waals surface area (Å²) in [7, 11) is -3.72. The minimum absolute atomic E-state index is 0.0950. The maximum atomic E-state index is 12.2. The topological polar surface area (TPSA) is 106 Å². The predicted molar refractivity (Wildman–Crippen MR) is 88.9 cm³/mol. The molecule has 0 spiro atoms. The van der Waals surface area contributed by atoms with Crippen molar-refractivity contribution in [2.24, 2.45) is 5.14 Å². The molecule has 1 aromatic carbocycles. The molecular weight excluding hydrogens is 330 g/mol. The monoisotopic (exact) mass is 349 g/mol. The van der Waals surface area contributed by atoms with Gasteiger partial charge in [-0.2, -0.15) is 0 Å². The van der Waals surface area contributed by atoms with Crippen molar-refractivity contribution in [2.75, 3.05) is 11.4 Å². The SMILES string of the molecule is C[C@@H]1Cc2cc(S(N)(=O)=O)ccc2N1CC(=O)NCc1ccco1. The zero-order valence-corrected chi connectivity index (χ0v) is 14.0. The average Bonchev–Trinajstić information content (AvgIpc) is 3.12. The van der Waals surface area contributed by atoms with Crippen molar-refractivity contribution in [1.29, 1.82) is 0 Å². The highest BCUT2D eigenvalue weighted by Crippen LogP contribution is 2.33. The molecule has 1 aliphatic rings. The molecular formula is C16H19N3O4S. The maximum absolute atomic E-state index is 12.2. The van der Waals surface area contributed by atoms with Crippen LogP contribution in [0.25, 0.3) is 0 Å². The molecule has 1 atom stereocenters. The number of carbonyl (C=O) groups excluding carboxylic acids is 1. The molecule has 0 bridgehead atoms. The number of nitrogens with one attached hydrogen (secondary N) is 1. The van der Waals surface area contributed by atoms with Crippen molar-refractivity contribution in [3.05, 3.63) is 47.9 Å². The molecule has 8 heteroatoms. The summed E-state index contributed by atoms with van der Waals surface area (Å²) in [4.78, 5) is 14.2. The van der Waals surface area contributed by atoms with Crippen LogP contribution in [0.5, 0.6) is 0 Å². The fraction of sp³-hybridized carbons (Fsp3) is 0.312. The molecule has 1 aromatic heterocycles. The molecule has 3 N–H and O–H groups in total. The van der Waals surface area contributed by atoms with Gasteiger partial charge in [-0.3, -0.25) is 4.79 Å². The Morgan fingerprint density at radius 2 is 2.21 bits per heavy atom. The van der Waals surface area contributed by atoms with E-state index in [9.17, 15) is 13.2 Å². The van der Waals surface area contributed by atoms with Gasteiger partial charge in [0.05, 0.1) is 24.2 Å². The van der Waals surface area contributed by atoms with Gasteiger partial charge < -0.3 is 14.6 Å². The number of primary sulfonamides is 1. The summed E-state index contributed by atoms with van der Waals surface area (Å²) in [5.41, 5.74) is 1.75. The van der Waals surface area contributed by atoms with E-state index in [0.29, 0.717) is 18.7 Å². The van der Waals surface area contributed by atoms with Gasteiger partial charge in [-0.15, -0.1) is 0 Å². The van der Waals surface area contributed by atoms with Crippen LogP contribution in [-0.2, 0) is 27.8 Å². The van der Waals surface area contributed by atoms with Crippen LogP contribution in [-0.4, -0.2) is 26.9 Å². The number of carbonyl (C=O) groups is 1. The second-order valence-corrected chi connectivity index (χ2v) is 7.43. The van der Waals surface area contributed by atoms with Crippen LogP contribution in [0.1, 0.15) is 18.2 Å². The lowest BCUT2D eigenvalue weighted by Gasteiger charge is -2.24. The smallest absolute Gasteiger partial charge is 0.239 e. The fourth-order valence-corrected chi connectivity index (χ4v) is 3.46. The number of hydrogen-bond donors (Lipinski definition) is 2. The molecule has 1 aliphatic heterocycles. The Hall–Kier alpha value is -2.32. The molecule has 0 radical (unpaired) electrons. The zero-order chi connectivity index (χ0) is 17.3. The second-order valence-electron chi connectivity index (χ2n) is 5.87. The Kier molecular flexibility index (Phi) is 4.33. The van der Waals surface area contributed by atoms with E-state index in [2.05, 4.69) is 5.32 Å². The standard InChI is InChI=1S/C16H19N3O4S/c1-11-7-12-8-14(24(17,21)22)4-5-15(12)19(11)10-16(20)18-9-13-3-2-6-23-13/h2-6,8,11H,7,9-10H2,1H3,(H,18,20)(H2,17,21,22)/t11-/m1/s1. The molecule has 0 unspecified atom stereocenters. The number of furan rings is 1. The predicted octanol–water partition coefficient (Wildman–Crippen LogP) is 0.994. The highest BCUT2D eigenvalue weighted by Gasteiger charge is 2.28. The number of benzene rings is 1. The van der Waals surface area contributed by atoms with Crippen molar-refractivity contribution in [3.8, 4) is 0 Å². The van der Waals surface area contributed by atoms with E-state index in [1.165, 1.54) is 6.07 Å². The third-order valence-electron chi connectivity index (χ3n) is 4.09. The van der Waals surface area contributed by atoms with E-state index in [1.54, 1.807) is 30.5 Å². The van der Waals surface area contributed by atoms with E-state index < -0.39 is 10.0 Å². The van der Waals surface area contributed by atoms with E-state index in [0.717, 1.165) is 11.3 Å². The van der Waals surface area contributed by atoms with Crippen LogP contribution in [0, 0.1) is 0 Å². The number of nitrogens with zero attached hydrogens (tertiary/aromatic N) is 1. The summed E-state index contributed by atoms with van der Waals surface area (Å²) in [6.45, 7) is 2.53. The third-order valence-corrected chi connectivity index (χ3v) is 5.00. The number of hydrogen-bond acceptors (Lipinski definition) is 5. The van der Waals surface area contributed by atoms with Gasteiger partial charge in [0.25, 0.3) is 0 Å². The molecule has 24 heavy (non-hydrogen) atoms. The first kappa shape index (κ1) is 16.5. The summed E-state index contributed by atoms with van der Waals surface area (Å²) >= 11 is 0. The first-order valence-corrected chi connectivity index (χ1v) is 9.10. The zero-order valence-electron chi connectivity index (χ0n) is 13.2. The minimum atomic E-state index is -3.72. The van der Waals surface area contributed by atoms with Gasteiger partial charge in [0, 0.05) is 11.7 Å². The van der Waals surface area contributed by atoms with Gasteiger partial charge in [0.2, 0.25) is 15.9 Å². The Labute approximate surface area is 140 Å². The number of nitrogens with two attached hydrogens (primary N) is 1. The van der Waals surface area contributed by atoms with Gasteiger partial charge in [0.15, 0.2) is 0 Å². The molecule has 2 aromatic rings. The Bertz CT molecular complexity index is 846. The van der Waals surface area contributed by atoms with Crippen LogP contribution in [0.4, 0.5) is 5.69 Å². The molecule has 128 valence electrons. The normalized spacial score (nSPS) is 16.9. The summed E-state index contributed by atoms with van der Waals surface area (Å²) < 4.78 is 28.1. The van der Waals surface area contributed by atoms with Gasteiger partial charge in [-0.25, -0.2) is 13.6 Å². The third kappa shape index (κ3) is 3.44. The van der Waals surface area contributed by atoms with Crippen LogP contribution < -0.4 is 15.4 Å². The molecule has 3 rings (SSSR count). The van der Waals surface area contributed by atoms with Gasteiger partial charge in [-0.05, 0) is 49.2 Å². The number of rotatable bonds is 5. The van der Waals surface area contributed by atoms with Crippen molar-refractivity contribution in [1.82, 2.24) is 5.32 Å². The lowest BCUT2D eigenvalue weighted by Crippen LogP contribution is -2.39. The highest BCUT2D eigenvalue weighted by atomic mass is 32.2. The van der Waals surface area contributed by atoms with E-state index >= 15 is 0 Å². The van der Waals surface area contributed by atoms with Crippen LogP contribution in [0.15, 0.2) is 45.9 Å². The molecule has 0 saturated carbocycles. The van der Waals surface area contributed by atoms with Crippen molar-refractivity contribution in [3.63, 3.8) is 0 Å². The van der Waals surface area contributed by atoms with E-state index in [-0.39, 0.29) is 23.4 Å². The van der Waals surface area contributed by atoms with Crippen LogP contribution in [0.2, 0.25) is 0 Å². The molecule has 0 saturated heterocycles. The Balaban J connectivity index is 1.70. The van der Waals surface area contributed by atoms with E-state index in [4.69, 9.17) is 9.56 Å². The average molecular weight is 349 g/mol. The lowest BCUT2D eigenvalue weighted by atomic mass is 10.1. The summed E-state index contributed by atoms with van der Waals surface area (Å²) in [6.07, 6.45) is 2.23. The number of anilines is 1. The number of sulfonamides is 1. The van der Waals surface area contributed by atoms with Gasteiger partial charge >= 0.3 is 0 Å². The summed E-state index contributed by atoms with van der Waals surface area (Å²) in [5.74, 6) is 0.567. The number of amides is 1. The Morgan fingerprint density at radius 3 is 2.88 bits per heavy atom. The largest absolute Gasteiger partial charge is 0.467 e. The van der Waals surface area contributed by atoms with Gasteiger partial charge in [0.1, 0.15) is 5.76 Å². The quantitative estimate of drug-likeness (QED) is 0.837. The molecule has 0 fully saturated rings. The maximum Gasteiger partial charge on any atom is 0.239 e. The van der Waals surface area contributed by atoms with Crippen LogP contribution in [0.3, 0.4) is 0 Å². The highest BCUT2D eigenvalue weighted by molar-refractivity contribution is 7.89. The summed E-state index contributed by atoms with van der Waals surface area (Å²) in [5, 5.41) is 7.98. The van der Waals surface area contributed by atoms with Crippen molar-refractivity contribution >= 4 is 21.6 Å². The molecule has 2 heterocycles. The first-order valence-electron chi connectivity index (χ1n) is 7.56. The second kappa shape index (κ2) is 6.29. The molecule has 0 aliphatic carbocycles. The Morgan fingerprint density at radius 1 is 1.42 bits per heavy atom. The lowest BCUT2D eigenvalue weighted by molar-refractivity contribution is -0.120. The van der Waals surface area contributed by atoms with Crippen LogP contribution >= 0.6 is 0 Å². The number of fused-ring (bicyclic) bond motifs is 1.